The first-order chi connectivity index (χ1) is 14.3. The Bertz CT molecular complexity index is 1560. The normalized spacial score (nSPS) is 11.6. The molecule has 0 amide bonds. The van der Waals surface area contributed by atoms with E-state index in [9.17, 15) is 0 Å². The summed E-state index contributed by atoms with van der Waals surface area (Å²) in [4.78, 5) is 5.19. The fourth-order valence-corrected chi connectivity index (χ4v) is 4.50. The number of rotatable bonds is 1. The summed E-state index contributed by atoms with van der Waals surface area (Å²) in [6.45, 7) is 2.15. The summed E-state index contributed by atoms with van der Waals surface area (Å²) < 4.78 is 0. The zero-order chi connectivity index (χ0) is 19.4. The Labute approximate surface area is 169 Å². The van der Waals surface area contributed by atoms with E-state index in [1.54, 1.807) is 0 Å². The predicted molar refractivity (Wildman–Crippen MR) is 124 cm³/mol. The fraction of sp³-hybridized carbons (Fsp3) is 0.0357. The minimum absolute atomic E-state index is 1.05. The van der Waals surface area contributed by atoms with Crippen LogP contribution in [0.4, 0.5) is 0 Å². The summed E-state index contributed by atoms with van der Waals surface area (Å²) in [5, 5.41) is 8.76. The Kier molecular flexibility index (Phi) is 3.45. The van der Waals surface area contributed by atoms with Crippen molar-refractivity contribution in [3.05, 3.63) is 103 Å². The van der Waals surface area contributed by atoms with Gasteiger partial charge in [-0.05, 0) is 40.1 Å². The second kappa shape index (κ2) is 6.15. The van der Waals surface area contributed by atoms with Gasteiger partial charge < -0.3 is 0 Å². The van der Waals surface area contributed by atoms with E-state index in [1.165, 1.54) is 43.3 Å². The van der Waals surface area contributed by atoms with Crippen LogP contribution in [0.5, 0.6) is 0 Å². The van der Waals surface area contributed by atoms with Crippen LogP contribution < -0.4 is 0 Å². The molecule has 136 valence electrons. The summed E-state index contributed by atoms with van der Waals surface area (Å²) in [6.07, 6.45) is 0. The molecule has 0 radical (unpaired) electrons. The number of hydrogen-bond acceptors (Lipinski definition) is 1. The van der Waals surface area contributed by atoms with Gasteiger partial charge in [-0.25, -0.2) is 4.98 Å². The van der Waals surface area contributed by atoms with Crippen LogP contribution in [-0.4, -0.2) is 4.98 Å². The molecular weight excluding hydrogens is 350 g/mol. The van der Waals surface area contributed by atoms with E-state index in [-0.39, 0.29) is 0 Å². The highest BCUT2D eigenvalue weighted by Gasteiger charge is 2.14. The molecular formula is C28H19N. The van der Waals surface area contributed by atoms with Gasteiger partial charge in [-0.3, -0.25) is 0 Å². The molecule has 0 saturated carbocycles. The van der Waals surface area contributed by atoms with Gasteiger partial charge in [0.05, 0.1) is 11.2 Å². The smallest absolute Gasteiger partial charge is 0.0788 e. The molecule has 0 bridgehead atoms. The van der Waals surface area contributed by atoms with Gasteiger partial charge in [0.25, 0.3) is 0 Å². The predicted octanol–water partition coefficient (Wildman–Crippen LogP) is 7.67. The third kappa shape index (κ3) is 2.44. The molecule has 0 unspecified atom stereocenters. The Morgan fingerprint density at radius 3 is 2.17 bits per heavy atom. The molecule has 0 saturated heterocycles. The standard InChI is InChI=1S/C28H19N/c1-18-7-6-12-24-26-23-11-5-4-9-20(23)15-16-25(26)28(29-27(18)24)22-14-13-19-8-2-3-10-21(19)17-22/h2-17H,1H3. The minimum atomic E-state index is 1.05. The van der Waals surface area contributed by atoms with Crippen LogP contribution in [0.15, 0.2) is 97.1 Å². The van der Waals surface area contributed by atoms with Gasteiger partial charge in [0, 0.05) is 21.7 Å². The summed E-state index contributed by atoms with van der Waals surface area (Å²) in [7, 11) is 0. The summed E-state index contributed by atoms with van der Waals surface area (Å²) in [6, 6.07) is 34.7. The zero-order valence-electron chi connectivity index (χ0n) is 16.2. The first kappa shape index (κ1) is 16.3. The van der Waals surface area contributed by atoms with E-state index in [1.807, 2.05) is 0 Å². The maximum absolute atomic E-state index is 5.19. The van der Waals surface area contributed by atoms with Crippen molar-refractivity contribution in [3.63, 3.8) is 0 Å². The Balaban J connectivity index is 1.82. The maximum Gasteiger partial charge on any atom is 0.0788 e. The molecule has 1 heteroatoms. The second-order valence-electron chi connectivity index (χ2n) is 7.70. The van der Waals surface area contributed by atoms with Gasteiger partial charge in [0.1, 0.15) is 0 Å². The molecule has 5 aromatic carbocycles. The molecule has 0 aliphatic rings. The number of aryl methyl sites for hydroxylation is 1. The van der Waals surface area contributed by atoms with Crippen LogP contribution in [0.25, 0.3) is 54.5 Å². The highest BCUT2D eigenvalue weighted by molar-refractivity contribution is 6.22. The van der Waals surface area contributed by atoms with Crippen molar-refractivity contribution in [2.75, 3.05) is 0 Å². The molecule has 6 aromatic rings. The molecule has 0 N–H and O–H groups in total. The SMILES string of the molecule is Cc1cccc2c1nc(-c1ccc3ccccc3c1)c1ccc3ccccc3c12. The van der Waals surface area contributed by atoms with Crippen molar-refractivity contribution in [1.82, 2.24) is 4.98 Å². The van der Waals surface area contributed by atoms with Crippen molar-refractivity contribution in [3.8, 4) is 11.3 Å². The second-order valence-corrected chi connectivity index (χ2v) is 7.70. The number of fused-ring (bicyclic) bond motifs is 6. The zero-order valence-corrected chi connectivity index (χ0v) is 16.2. The van der Waals surface area contributed by atoms with Gasteiger partial charge in [0.15, 0.2) is 0 Å². The van der Waals surface area contributed by atoms with E-state index < -0.39 is 0 Å². The lowest BCUT2D eigenvalue weighted by Gasteiger charge is -2.14. The third-order valence-corrected chi connectivity index (χ3v) is 5.94. The molecule has 0 spiro atoms. The quantitative estimate of drug-likeness (QED) is 0.271. The van der Waals surface area contributed by atoms with Gasteiger partial charge in [-0.2, -0.15) is 0 Å². The van der Waals surface area contributed by atoms with E-state index in [0.29, 0.717) is 0 Å². The Morgan fingerprint density at radius 1 is 0.552 bits per heavy atom. The maximum atomic E-state index is 5.19. The average Bonchev–Trinajstić information content (AvgIpc) is 2.78. The van der Waals surface area contributed by atoms with Crippen molar-refractivity contribution in [2.24, 2.45) is 0 Å². The van der Waals surface area contributed by atoms with Crippen molar-refractivity contribution in [1.29, 1.82) is 0 Å². The van der Waals surface area contributed by atoms with Gasteiger partial charge in [-0.15, -0.1) is 0 Å². The van der Waals surface area contributed by atoms with Crippen LogP contribution in [0.3, 0.4) is 0 Å². The minimum Gasteiger partial charge on any atom is -0.247 e. The molecule has 1 aromatic heterocycles. The number of benzene rings is 5. The molecule has 0 fully saturated rings. The van der Waals surface area contributed by atoms with E-state index in [0.717, 1.165) is 16.8 Å². The number of pyridine rings is 1. The van der Waals surface area contributed by atoms with E-state index in [4.69, 9.17) is 4.98 Å². The van der Waals surface area contributed by atoms with Crippen LogP contribution in [0.1, 0.15) is 5.56 Å². The monoisotopic (exact) mass is 369 g/mol. The van der Waals surface area contributed by atoms with Crippen molar-refractivity contribution in [2.45, 2.75) is 6.92 Å². The highest BCUT2D eigenvalue weighted by Crippen LogP contribution is 2.38. The molecule has 0 atom stereocenters. The van der Waals surface area contributed by atoms with Crippen LogP contribution >= 0.6 is 0 Å². The highest BCUT2D eigenvalue weighted by atomic mass is 14.7. The Morgan fingerprint density at radius 2 is 1.28 bits per heavy atom. The molecule has 1 heterocycles. The summed E-state index contributed by atoms with van der Waals surface area (Å²) in [5.74, 6) is 0. The molecule has 0 aliphatic heterocycles. The summed E-state index contributed by atoms with van der Waals surface area (Å²) >= 11 is 0. The molecule has 0 aliphatic carbocycles. The first-order valence-electron chi connectivity index (χ1n) is 9.99. The number of nitrogens with zero attached hydrogens (tertiary/aromatic N) is 1. The molecule has 29 heavy (non-hydrogen) atoms. The Hall–Kier alpha value is -3.71. The average molecular weight is 369 g/mol. The topological polar surface area (TPSA) is 12.9 Å². The van der Waals surface area contributed by atoms with Gasteiger partial charge >= 0.3 is 0 Å². The van der Waals surface area contributed by atoms with Crippen molar-refractivity contribution >= 4 is 43.2 Å². The first-order valence-corrected chi connectivity index (χ1v) is 9.99. The third-order valence-electron chi connectivity index (χ3n) is 5.94. The molecule has 6 rings (SSSR count). The van der Waals surface area contributed by atoms with Gasteiger partial charge in [-0.1, -0.05) is 91.0 Å². The largest absolute Gasteiger partial charge is 0.247 e. The number of hydrogen-bond donors (Lipinski definition) is 0. The summed E-state index contributed by atoms with van der Waals surface area (Å²) in [5.41, 5.74) is 4.51. The lowest BCUT2D eigenvalue weighted by Crippen LogP contribution is -1.92. The number of para-hydroxylation sites is 1. The lowest BCUT2D eigenvalue weighted by atomic mass is 9.94. The van der Waals surface area contributed by atoms with E-state index >= 15 is 0 Å². The molecule has 1 nitrogen and oxygen atoms in total. The van der Waals surface area contributed by atoms with E-state index in [2.05, 4.69) is 104 Å². The fourth-order valence-electron chi connectivity index (χ4n) is 4.50. The van der Waals surface area contributed by atoms with Gasteiger partial charge in [0.2, 0.25) is 0 Å². The van der Waals surface area contributed by atoms with Crippen LogP contribution in [-0.2, 0) is 0 Å². The van der Waals surface area contributed by atoms with Crippen LogP contribution in [0.2, 0.25) is 0 Å². The van der Waals surface area contributed by atoms with Crippen molar-refractivity contribution < 1.29 is 0 Å². The number of aromatic nitrogens is 1. The lowest BCUT2D eigenvalue weighted by molar-refractivity contribution is 1.39. The van der Waals surface area contributed by atoms with Crippen LogP contribution in [0, 0.1) is 6.92 Å².